The van der Waals surface area contributed by atoms with Crippen molar-refractivity contribution in [2.75, 3.05) is 19.5 Å². The van der Waals surface area contributed by atoms with Crippen LogP contribution in [-0.4, -0.2) is 18.7 Å². The predicted molar refractivity (Wildman–Crippen MR) is 80.6 cm³/mol. The number of nitrogens with two attached hydrogens (primary N) is 1. The first-order valence-corrected chi connectivity index (χ1v) is 6.72. The zero-order valence-electron chi connectivity index (χ0n) is 12.2. The van der Waals surface area contributed by atoms with Crippen molar-refractivity contribution in [3.8, 4) is 0 Å². The van der Waals surface area contributed by atoms with Crippen LogP contribution in [0.1, 0.15) is 36.6 Å². The van der Waals surface area contributed by atoms with Gasteiger partial charge in [0.1, 0.15) is 0 Å². The number of benzene rings is 1. The van der Waals surface area contributed by atoms with Gasteiger partial charge in [-0.25, -0.2) is 0 Å². The first kappa shape index (κ1) is 13.8. The zero-order valence-corrected chi connectivity index (χ0v) is 12.2. The monoisotopic (exact) mass is 258 g/mol. The maximum Gasteiger partial charge on any atom is 0.0758 e. The van der Waals surface area contributed by atoms with E-state index in [4.69, 9.17) is 15.5 Å². The average molecular weight is 258 g/mol. The van der Waals surface area contributed by atoms with Crippen LogP contribution in [0.5, 0.6) is 0 Å². The molecule has 0 atom stereocenters. The number of methoxy groups -OCH3 is 1. The Hall–Kier alpha value is -1.61. The molecule has 2 N–H and O–H groups in total. The van der Waals surface area contributed by atoms with Crippen molar-refractivity contribution in [2.45, 2.75) is 33.1 Å². The maximum atomic E-state index is 6.35. The van der Waals surface area contributed by atoms with E-state index in [1.807, 2.05) is 13.0 Å². The summed E-state index contributed by atoms with van der Waals surface area (Å²) in [6, 6.07) is 6.20. The van der Waals surface area contributed by atoms with Gasteiger partial charge in [-0.15, -0.1) is 0 Å². The summed E-state index contributed by atoms with van der Waals surface area (Å²) in [5.74, 6) is 0.388. The van der Waals surface area contributed by atoms with Crippen LogP contribution >= 0.6 is 0 Å². The van der Waals surface area contributed by atoms with Crippen molar-refractivity contribution in [3.63, 3.8) is 0 Å². The van der Waals surface area contributed by atoms with E-state index < -0.39 is 0 Å². The van der Waals surface area contributed by atoms with Crippen LogP contribution in [0.2, 0.25) is 0 Å². The van der Waals surface area contributed by atoms with Gasteiger partial charge in [-0.2, -0.15) is 0 Å². The van der Waals surface area contributed by atoms with Gasteiger partial charge in [-0.05, 0) is 30.4 Å². The molecule has 0 saturated carbocycles. The van der Waals surface area contributed by atoms with Crippen molar-refractivity contribution in [2.24, 2.45) is 0 Å². The number of nitrogens with zero attached hydrogens (tertiary/aromatic N) is 1. The van der Waals surface area contributed by atoms with Gasteiger partial charge >= 0.3 is 0 Å². The van der Waals surface area contributed by atoms with Crippen molar-refractivity contribution < 1.29 is 4.74 Å². The van der Waals surface area contributed by atoms with Crippen LogP contribution in [0.3, 0.4) is 0 Å². The number of aromatic nitrogens is 1. The number of pyridine rings is 1. The molecule has 1 aromatic heterocycles. The number of aryl methyl sites for hydroxylation is 1. The minimum atomic E-state index is 0.388. The van der Waals surface area contributed by atoms with Crippen LogP contribution in [0.4, 0.5) is 5.69 Å². The topological polar surface area (TPSA) is 48.1 Å². The van der Waals surface area contributed by atoms with Gasteiger partial charge in [-0.1, -0.05) is 32.0 Å². The second kappa shape index (κ2) is 5.57. The molecule has 0 unspecified atom stereocenters. The first-order valence-electron chi connectivity index (χ1n) is 6.72. The Kier molecular flexibility index (Phi) is 4.05. The average Bonchev–Trinajstić information content (AvgIpc) is 2.36. The minimum absolute atomic E-state index is 0.388. The Morgan fingerprint density at radius 2 is 2.05 bits per heavy atom. The summed E-state index contributed by atoms with van der Waals surface area (Å²) in [5, 5.41) is 1.06. The third-order valence-corrected chi connectivity index (χ3v) is 3.52. The molecule has 2 aromatic rings. The smallest absolute Gasteiger partial charge is 0.0758 e. The van der Waals surface area contributed by atoms with E-state index >= 15 is 0 Å². The van der Waals surface area contributed by atoms with Gasteiger partial charge < -0.3 is 10.5 Å². The molecule has 0 spiro atoms. The molecule has 0 aliphatic rings. The number of hydrogen-bond acceptors (Lipinski definition) is 3. The fourth-order valence-electron chi connectivity index (χ4n) is 2.65. The minimum Gasteiger partial charge on any atom is -0.398 e. The molecule has 0 aliphatic heterocycles. The molecule has 1 heterocycles. The molecule has 3 nitrogen and oxygen atoms in total. The highest BCUT2D eigenvalue weighted by atomic mass is 16.5. The van der Waals surface area contributed by atoms with E-state index in [-0.39, 0.29) is 0 Å². The number of nitrogen functional groups attached to an aromatic ring is 1. The van der Waals surface area contributed by atoms with Gasteiger partial charge in [0, 0.05) is 23.9 Å². The van der Waals surface area contributed by atoms with E-state index in [1.165, 1.54) is 5.56 Å². The molecule has 0 fully saturated rings. The summed E-state index contributed by atoms with van der Waals surface area (Å²) in [6.45, 7) is 7.05. The number of para-hydroxylation sites is 1. The van der Waals surface area contributed by atoms with Gasteiger partial charge in [0.05, 0.1) is 12.1 Å². The van der Waals surface area contributed by atoms with Gasteiger partial charge in [-0.3, -0.25) is 4.98 Å². The quantitative estimate of drug-likeness (QED) is 0.914. The predicted octanol–water partition coefficient (Wildman–Crippen LogP) is 3.44. The van der Waals surface area contributed by atoms with Crippen LogP contribution < -0.4 is 5.73 Å². The number of hydrogen-bond donors (Lipinski definition) is 1. The lowest BCUT2D eigenvalue weighted by atomic mass is 9.95. The second-order valence-electron chi connectivity index (χ2n) is 5.24. The molecule has 0 amide bonds. The molecule has 19 heavy (non-hydrogen) atoms. The SMILES string of the molecule is COCCc1cccc2c(N)c(C(C)C)c(C)nc12. The van der Waals surface area contributed by atoms with E-state index in [1.54, 1.807) is 7.11 Å². The fraction of sp³-hybridized carbons (Fsp3) is 0.438. The lowest BCUT2D eigenvalue weighted by Gasteiger charge is -2.16. The van der Waals surface area contributed by atoms with E-state index in [2.05, 4.69) is 26.0 Å². The lowest BCUT2D eigenvalue weighted by molar-refractivity contribution is 0.202. The Morgan fingerprint density at radius 1 is 1.32 bits per heavy atom. The summed E-state index contributed by atoms with van der Waals surface area (Å²) in [5.41, 5.74) is 11.6. The Balaban J connectivity index is 2.65. The fourth-order valence-corrected chi connectivity index (χ4v) is 2.65. The van der Waals surface area contributed by atoms with Gasteiger partial charge in [0.2, 0.25) is 0 Å². The third kappa shape index (κ3) is 2.56. The molecule has 0 radical (unpaired) electrons. The van der Waals surface area contributed by atoms with Crippen LogP contribution in [0.25, 0.3) is 10.9 Å². The Bertz CT molecular complexity index is 591. The summed E-state index contributed by atoms with van der Waals surface area (Å²) in [6.07, 6.45) is 0.862. The van der Waals surface area contributed by atoms with E-state index in [9.17, 15) is 0 Å². The Morgan fingerprint density at radius 3 is 2.68 bits per heavy atom. The standard InChI is InChI=1S/C16H22N2O/c1-10(2)14-11(3)18-16-12(8-9-19-4)6-5-7-13(16)15(14)17/h5-7,10H,8-9H2,1-4H3,(H2,17,18). The molecule has 102 valence electrons. The van der Waals surface area contributed by atoms with Crippen LogP contribution in [0, 0.1) is 6.92 Å². The van der Waals surface area contributed by atoms with Crippen molar-refractivity contribution >= 4 is 16.6 Å². The number of fused-ring (bicyclic) bond motifs is 1. The van der Waals surface area contributed by atoms with Crippen LogP contribution in [-0.2, 0) is 11.2 Å². The van der Waals surface area contributed by atoms with E-state index in [0.717, 1.165) is 34.3 Å². The van der Waals surface area contributed by atoms with Gasteiger partial charge in [0.15, 0.2) is 0 Å². The third-order valence-electron chi connectivity index (χ3n) is 3.52. The highest BCUT2D eigenvalue weighted by Crippen LogP contribution is 2.32. The highest BCUT2D eigenvalue weighted by Gasteiger charge is 2.14. The van der Waals surface area contributed by atoms with Crippen molar-refractivity contribution in [1.82, 2.24) is 4.98 Å². The normalized spacial score (nSPS) is 11.4. The molecule has 2 rings (SSSR count). The van der Waals surface area contributed by atoms with Crippen molar-refractivity contribution in [1.29, 1.82) is 0 Å². The number of rotatable bonds is 4. The Labute approximate surface area is 114 Å². The maximum absolute atomic E-state index is 6.35. The molecular formula is C16H22N2O. The molecule has 0 bridgehead atoms. The van der Waals surface area contributed by atoms with E-state index in [0.29, 0.717) is 12.5 Å². The van der Waals surface area contributed by atoms with Crippen LogP contribution in [0.15, 0.2) is 18.2 Å². The number of anilines is 1. The zero-order chi connectivity index (χ0) is 14.0. The van der Waals surface area contributed by atoms with Gasteiger partial charge in [0.25, 0.3) is 0 Å². The lowest BCUT2D eigenvalue weighted by Crippen LogP contribution is -2.05. The summed E-state index contributed by atoms with van der Waals surface area (Å²) < 4.78 is 5.16. The molecule has 3 heteroatoms. The number of ether oxygens (including phenoxy) is 1. The van der Waals surface area contributed by atoms with Crippen molar-refractivity contribution in [3.05, 3.63) is 35.0 Å². The molecular weight excluding hydrogens is 236 g/mol. The summed E-state index contributed by atoms with van der Waals surface area (Å²) in [7, 11) is 1.72. The largest absolute Gasteiger partial charge is 0.398 e. The molecule has 0 aliphatic carbocycles. The highest BCUT2D eigenvalue weighted by molar-refractivity contribution is 5.94. The first-order chi connectivity index (χ1) is 9.06. The summed E-state index contributed by atoms with van der Waals surface area (Å²) in [4.78, 5) is 4.77. The molecule has 1 aromatic carbocycles. The molecule has 0 saturated heterocycles. The second-order valence-corrected chi connectivity index (χ2v) is 5.24. The summed E-state index contributed by atoms with van der Waals surface area (Å²) >= 11 is 0.